The maximum Gasteiger partial charge on any atom is 0.0454 e. The zero-order chi connectivity index (χ0) is 4.24. The second-order valence-electron chi connectivity index (χ2n) is 1.53. The van der Waals surface area contributed by atoms with E-state index in [1.807, 2.05) is 0 Å². The van der Waals surface area contributed by atoms with Crippen LogP contribution in [0.25, 0.3) is 0 Å². The molecule has 1 fully saturated rings. The van der Waals surface area contributed by atoms with Gasteiger partial charge in [0, 0.05) is 6.67 Å². The topological polar surface area (TPSA) is 24.1 Å². The Morgan fingerprint density at radius 2 is 1.57 bits per heavy atom. The molecule has 0 amide bonds. The zero-order valence-corrected chi connectivity index (χ0v) is 4.24. The van der Waals surface area contributed by atoms with Gasteiger partial charge in [-0.15, -0.1) is 0 Å². The van der Waals surface area contributed by atoms with Gasteiger partial charge in [-0.2, -0.15) is 0 Å². The number of halogens is 1. The van der Waals surface area contributed by atoms with Crippen molar-refractivity contribution in [3.8, 4) is 0 Å². The van der Waals surface area contributed by atoms with Crippen molar-refractivity contribution in [2.45, 2.75) is 6.42 Å². The quantitative estimate of drug-likeness (QED) is 0.442. The van der Waals surface area contributed by atoms with Gasteiger partial charge < -0.3 is 10.6 Å². The van der Waals surface area contributed by atoms with Crippen molar-refractivity contribution in [1.29, 1.82) is 0 Å². The highest BCUT2D eigenvalue weighted by Gasteiger charge is 1.91. The lowest BCUT2D eigenvalue weighted by Crippen LogP contribution is -2.37. The van der Waals surface area contributed by atoms with Crippen LogP contribution in [0, 0.1) is 0 Å². The SMILES string of the molecule is C1CNCNC1.F. The molecule has 1 heterocycles. The molecule has 0 unspecified atom stereocenters. The summed E-state index contributed by atoms with van der Waals surface area (Å²) in [4.78, 5) is 0. The summed E-state index contributed by atoms with van der Waals surface area (Å²) in [6, 6.07) is 0. The fraction of sp³-hybridized carbons (Fsp3) is 1.00. The monoisotopic (exact) mass is 106 g/mol. The lowest BCUT2D eigenvalue weighted by atomic mass is 10.4. The van der Waals surface area contributed by atoms with Crippen LogP contribution in [-0.4, -0.2) is 19.8 Å². The first-order valence-corrected chi connectivity index (χ1v) is 2.41. The summed E-state index contributed by atoms with van der Waals surface area (Å²) < 4.78 is 0. The van der Waals surface area contributed by atoms with E-state index < -0.39 is 0 Å². The highest BCUT2D eigenvalue weighted by atomic mass is 19.0. The van der Waals surface area contributed by atoms with Gasteiger partial charge >= 0.3 is 0 Å². The predicted octanol–water partition coefficient (Wildman–Crippen LogP) is -0.321. The van der Waals surface area contributed by atoms with Crippen molar-refractivity contribution >= 4 is 0 Å². The first-order chi connectivity index (χ1) is 3.00. The van der Waals surface area contributed by atoms with Crippen LogP contribution in [0.3, 0.4) is 0 Å². The molecule has 0 aliphatic carbocycles. The van der Waals surface area contributed by atoms with Gasteiger partial charge in [0.2, 0.25) is 0 Å². The normalized spacial score (nSPS) is 20.6. The minimum Gasteiger partial charge on any atom is -0.304 e. The van der Waals surface area contributed by atoms with E-state index in [9.17, 15) is 0 Å². The Bertz CT molecular complexity index is 25.2. The average molecular weight is 106 g/mol. The summed E-state index contributed by atoms with van der Waals surface area (Å²) in [5.74, 6) is 0. The molecule has 2 nitrogen and oxygen atoms in total. The van der Waals surface area contributed by atoms with E-state index in [1.165, 1.54) is 19.5 Å². The number of nitrogens with one attached hydrogen (secondary N) is 2. The number of rotatable bonds is 0. The van der Waals surface area contributed by atoms with E-state index in [4.69, 9.17) is 0 Å². The summed E-state index contributed by atoms with van der Waals surface area (Å²) in [6.45, 7) is 3.38. The fourth-order valence-electron chi connectivity index (χ4n) is 0.604. The number of hydrogen-bond donors (Lipinski definition) is 2. The van der Waals surface area contributed by atoms with E-state index in [2.05, 4.69) is 10.6 Å². The van der Waals surface area contributed by atoms with Crippen LogP contribution >= 0.6 is 0 Å². The molecule has 0 saturated carbocycles. The van der Waals surface area contributed by atoms with Crippen LogP contribution in [0.2, 0.25) is 0 Å². The van der Waals surface area contributed by atoms with Crippen LogP contribution < -0.4 is 10.6 Å². The van der Waals surface area contributed by atoms with Gasteiger partial charge in [0.25, 0.3) is 0 Å². The van der Waals surface area contributed by atoms with Crippen molar-refractivity contribution < 1.29 is 4.70 Å². The molecule has 1 aliphatic rings. The zero-order valence-electron chi connectivity index (χ0n) is 4.24. The van der Waals surface area contributed by atoms with E-state index in [-0.39, 0.29) is 4.70 Å². The Labute approximate surface area is 42.7 Å². The molecule has 1 aliphatic heterocycles. The van der Waals surface area contributed by atoms with E-state index in [0.29, 0.717) is 0 Å². The van der Waals surface area contributed by atoms with Crippen LogP contribution in [0.4, 0.5) is 4.70 Å². The van der Waals surface area contributed by atoms with Gasteiger partial charge in [0.05, 0.1) is 0 Å². The van der Waals surface area contributed by atoms with Crippen molar-refractivity contribution in [3.05, 3.63) is 0 Å². The molecule has 1 rings (SSSR count). The van der Waals surface area contributed by atoms with E-state index in [0.717, 1.165) is 6.67 Å². The second-order valence-corrected chi connectivity index (χ2v) is 1.53. The number of hydrogen-bond acceptors (Lipinski definition) is 2. The molecule has 0 bridgehead atoms. The third kappa shape index (κ3) is 2.53. The van der Waals surface area contributed by atoms with Crippen LogP contribution in [0.1, 0.15) is 6.42 Å². The maximum absolute atomic E-state index is 3.17. The van der Waals surface area contributed by atoms with Crippen molar-refractivity contribution in [2.24, 2.45) is 0 Å². The predicted molar refractivity (Wildman–Crippen MR) is 28.0 cm³/mol. The molecule has 2 N–H and O–H groups in total. The third-order valence-electron chi connectivity index (χ3n) is 0.957. The minimum atomic E-state index is 0. The summed E-state index contributed by atoms with van der Waals surface area (Å²) in [6.07, 6.45) is 1.28. The Balaban J connectivity index is 0.000000360. The summed E-state index contributed by atoms with van der Waals surface area (Å²) in [5.41, 5.74) is 0. The van der Waals surface area contributed by atoms with Crippen molar-refractivity contribution in [2.75, 3.05) is 19.8 Å². The molecule has 0 aromatic carbocycles. The molecule has 1 saturated heterocycles. The van der Waals surface area contributed by atoms with Crippen LogP contribution in [0.5, 0.6) is 0 Å². The van der Waals surface area contributed by atoms with Gasteiger partial charge in [-0.3, -0.25) is 4.70 Å². The van der Waals surface area contributed by atoms with Gasteiger partial charge in [-0.05, 0) is 19.5 Å². The molecular weight excluding hydrogens is 95.1 g/mol. The second kappa shape index (κ2) is 4.02. The van der Waals surface area contributed by atoms with Gasteiger partial charge in [0.1, 0.15) is 0 Å². The maximum atomic E-state index is 3.17. The Morgan fingerprint density at radius 1 is 1.00 bits per heavy atom. The molecule has 0 aromatic heterocycles. The fourth-order valence-corrected chi connectivity index (χ4v) is 0.604. The molecule has 0 atom stereocenters. The summed E-state index contributed by atoms with van der Waals surface area (Å²) in [5, 5.41) is 6.35. The largest absolute Gasteiger partial charge is 0.304 e. The van der Waals surface area contributed by atoms with Crippen molar-refractivity contribution in [1.82, 2.24) is 10.6 Å². The standard InChI is InChI=1S/C4H10N2.FH/c1-2-5-4-6-3-1;/h5-6H,1-4H2;1H. The van der Waals surface area contributed by atoms with E-state index in [1.54, 1.807) is 0 Å². The molecule has 0 spiro atoms. The molecule has 3 heteroatoms. The highest BCUT2D eigenvalue weighted by molar-refractivity contribution is 4.54. The summed E-state index contributed by atoms with van der Waals surface area (Å²) in [7, 11) is 0. The summed E-state index contributed by atoms with van der Waals surface area (Å²) >= 11 is 0. The molecular formula is C4H11FN2. The van der Waals surface area contributed by atoms with Gasteiger partial charge in [-0.25, -0.2) is 0 Å². The first kappa shape index (κ1) is 6.85. The Kier molecular flexibility index (Phi) is 3.93. The third-order valence-corrected chi connectivity index (χ3v) is 0.957. The van der Waals surface area contributed by atoms with Crippen LogP contribution in [-0.2, 0) is 0 Å². The van der Waals surface area contributed by atoms with Crippen molar-refractivity contribution in [3.63, 3.8) is 0 Å². The highest BCUT2D eigenvalue weighted by Crippen LogP contribution is 1.75. The Hall–Kier alpha value is -0.150. The molecule has 7 heavy (non-hydrogen) atoms. The first-order valence-electron chi connectivity index (χ1n) is 2.41. The van der Waals surface area contributed by atoms with Crippen LogP contribution in [0.15, 0.2) is 0 Å². The lowest BCUT2D eigenvalue weighted by Gasteiger charge is -2.11. The minimum absolute atomic E-state index is 0. The molecule has 0 radical (unpaired) electrons. The Morgan fingerprint density at radius 3 is 1.71 bits per heavy atom. The average Bonchev–Trinajstić information content (AvgIpc) is 1.72. The van der Waals surface area contributed by atoms with Gasteiger partial charge in [-0.1, -0.05) is 0 Å². The smallest absolute Gasteiger partial charge is 0.0454 e. The molecule has 44 valence electrons. The van der Waals surface area contributed by atoms with E-state index >= 15 is 0 Å². The lowest BCUT2D eigenvalue weighted by molar-refractivity contribution is 0.496. The van der Waals surface area contributed by atoms with Gasteiger partial charge in [0.15, 0.2) is 0 Å². The molecule has 0 aromatic rings.